The van der Waals surface area contributed by atoms with Gasteiger partial charge in [-0.05, 0) is 0 Å². The van der Waals surface area contributed by atoms with Crippen molar-refractivity contribution in [2.24, 2.45) is 17.8 Å². The van der Waals surface area contributed by atoms with E-state index in [1.165, 1.54) is 38.5 Å². The average Bonchev–Trinajstić information content (AvgIpc) is 2.71. The Bertz CT molecular complexity index is 190. The van der Waals surface area contributed by atoms with Gasteiger partial charge >= 0.3 is 17.1 Å². The molecule has 0 spiro atoms. The van der Waals surface area contributed by atoms with Gasteiger partial charge in [0.05, 0.1) is 0 Å². The van der Waals surface area contributed by atoms with E-state index in [2.05, 4.69) is 41.5 Å². The Morgan fingerprint density at radius 2 is 0.679 bits per heavy atom. The van der Waals surface area contributed by atoms with Crippen LogP contribution in [0.25, 0.3) is 0 Å². The van der Waals surface area contributed by atoms with E-state index in [-0.39, 0.29) is 36.9 Å². The fraction of sp³-hybridized carbons (Fsp3) is 1.00. The van der Waals surface area contributed by atoms with Crippen LogP contribution >= 0.6 is 0 Å². The SMILES string of the molecule is CCCCC(CC)C[O-].CCCCC(CC)C[O-].CCCCC(CC)C[O-].[Fe+3]. The van der Waals surface area contributed by atoms with Crippen LogP contribution in [0.5, 0.6) is 0 Å². The third-order valence-electron chi connectivity index (χ3n) is 5.34. The smallest absolute Gasteiger partial charge is 0.854 e. The van der Waals surface area contributed by atoms with Gasteiger partial charge in [0.2, 0.25) is 0 Å². The van der Waals surface area contributed by atoms with Gasteiger partial charge < -0.3 is 15.3 Å². The largest absolute Gasteiger partial charge is 3.00 e. The van der Waals surface area contributed by atoms with E-state index in [1.807, 2.05) is 0 Å². The minimum Gasteiger partial charge on any atom is -0.854 e. The predicted octanol–water partition coefficient (Wildman–Crippen LogP) is 4.69. The molecule has 3 atom stereocenters. The van der Waals surface area contributed by atoms with Crippen LogP contribution in [0.15, 0.2) is 0 Å². The Morgan fingerprint density at radius 3 is 0.786 bits per heavy atom. The first-order valence-corrected chi connectivity index (χ1v) is 11.8. The fourth-order valence-electron chi connectivity index (χ4n) is 2.69. The normalized spacial score (nSPS) is 13.2. The second-order valence-electron chi connectivity index (χ2n) is 7.75. The van der Waals surface area contributed by atoms with Crippen molar-refractivity contribution < 1.29 is 32.4 Å². The van der Waals surface area contributed by atoms with Gasteiger partial charge in [-0.1, -0.05) is 136 Å². The molecular weight excluding hydrogens is 392 g/mol. The third kappa shape index (κ3) is 28.6. The quantitative estimate of drug-likeness (QED) is 0.345. The maximum atomic E-state index is 10.4. The molecule has 0 aliphatic heterocycles. The van der Waals surface area contributed by atoms with E-state index < -0.39 is 0 Å². The van der Waals surface area contributed by atoms with Crippen LogP contribution in [-0.2, 0) is 17.1 Å². The zero-order chi connectivity index (χ0) is 21.3. The molecule has 0 aromatic rings. The zero-order valence-corrected chi connectivity index (χ0v) is 21.0. The Morgan fingerprint density at radius 1 is 0.464 bits per heavy atom. The van der Waals surface area contributed by atoms with Crippen molar-refractivity contribution in [3.63, 3.8) is 0 Å². The summed E-state index contributed by atoms with van der Waals surface area (Å²) in [5, 5.41) is 31.1. The molecule has 4 heteroatoms. The molecular formula is C24H51FeO3. The van der Waals surface area contributed by atoms with E-state index in [0.29, 0.717) is 17.8 Å². The van der Waals surface area contributed by atoms with Crippen molar-refractivity contribution in [1.29, 1.82) is 0 Å². The van der Waals surface area contributed by atoms with Crippen molar-refractivity contribution in [3.05, 3.63) is 0 Å². The van der Waals surface area contributed by atoms with Crippen molar-refractivity contribution in [1.82, 2.24) is 0 Å². The van der Waals surface area contributed by atoms with Gasteiger partial charge in [-0.2, -0.15) is 0 Å². The van der Waals surface area contributed by atoms with Crippen LogP contribution in [-0.4, -0.2) is 19.8 Å². The van der Waals surface area contributed by atoms with E-state index in [1.54, 1.807) is 0 Å². The zero-order valence-electron chi connectivity index (χ0n) is 19.9. The topological polar surface area (TPSA) is 69.2 Å². The van der Waals surface area contributed by atoms with E-state index >= 15 is 0 Å². The number of unbranched alkanes of at least 4 members (excludes halogenated alkanes) is 3. The Labute approximate surface area is 188 Å². The Hall–Kier alpha value is 0.399. The molecule has 0 aliphatic rings. The summed E-state index contributed by atoms with van der Waals surface area (Å²) in [6, 6.07) is 0. The standard InChI is InChI=1S/3C8H17O.Fe/c3*1-3-5-6-8(4-2)7-9;/h3*8H,3-7H2,1-2H3;/q3*-1;+3. The van der Waals surface area contributed by atoms with Gasteiger partial charge in [0, 0.05) is 0 Å². The first-order chi connectivity index (χ1) is 13.0. The monoisotopic (exact) mass is 443 g/mol. The van der Waals surface area contributed by atoms with Crippen molar-refractivity contribution in [3.8, 4) is 0 Å². The molecule has 0 aliphatic carbocycles. The molecule has 0 aromatic carbocycles. The molecule has 0 amide bonds. The molecule has 3 nitrogen and oxygen atoms in total. The van der Waals surface area contributed by atoms with Gasteiger partial charge in [0.25, 0.3) is 0 Å². The molecule has 0 bridgehead atoms. The first-order valence-electron chi connectivity index (χ1n) is 11.8. The Balaban J connectivity index is -0.000000152. The molecule has 0 rings (SSSR count). The predicted molar refractivity (Wildman–Crippen MR) is 115 cm³/mol. The van der Waals surface area contributed by atoms with Crippen LogP contribution in [0.4, 0.5) is 0 Å². The van der Waals surface area contributed by atoms with Crippen LogP contribution in [0.2, 0.25) is 0 Å². The molecule has 28 heavy (non-hydrogen) atoms. The minimum atomic E-state index is 0. The molecule has 0 saturated heterocycles. The van der Waals surface area contributed by atoms with Crippen molar-refractivity contribution in [2.45, 2.75) is 119 Å². The molecule has 173 valence electrons. The molecule has 1 radical (unpaired) electrons. The third-order valence-corrected chi connectivity index (χ3v) is 5.34. The fourth-order valence-corrected chi connectivity index (χ4v) is 2.69. The maximum Gasteiger partial charge on any atom is 3.00 e. The van der Waals surface area contributed by atoms with Crippen LogP contribution < -0.4 is 15.3 Å². The number of hydrogen-bond donors (Lipinski definition) is 0. The number of hydrogen-bond acceptors (Lipinski definition) is 3. The molecule has 0 aromatic heterocycles. The minimum absolute atomic E-state index is 0. The second kappa shape index (κ2) is 32.1. The van der Waals surface area contributed by atoms with Gasteiger partial charge in [0.1, 0.15) is 0 Å². The molecule has 3 unspecified atom stereocenters. The van der Waals surface area contributed by atoms with Crippen LogP contribution in [0.1, 0.15) is 119 Å². The second-order valence-corrected chi connectivity index (χ2v) is 7.75. The number of rotatable bonds is 15. The van der Waals surface area contributed by atoms with E-state index in [4.69, 9.17) is 0 Å². The van der Waals surface area contributed by atoms with Crippen molar-refractivity contribution in [2.75, 3.05) is 19.8 Å². The summed E-state index contributed by atoms with van der Waals surface area (Å²) in [6.07, 6.45) is 13.9. The maximum absolute atomic E-state index is 10.4. The summed E-state index contributed by atoms with van der Waals surface area (Å²) in [5.74, 6) is 1.35. The van der Waals surface area contributed by atoms with Crippen LogP contribution in [0.3, 0.4) is 0 Å². The summed E-state index contributed by atoms with van der Waals surface area (Å²) in [4.78, 5) is 0. The van der Waals surface area contributed by atoms with E-state index in [9.17, 15) is 15.3 Å². The first kappa shape index (κ1) is 35.8. The summed E-state index contributed by atoms with van der Waals surface area (Å²) in [5.41, 5.74) is 0. The van der Waals surface area contributed by atoms with Gasteiger partial charge in [0.15, 0.2) is 0 Å². The van der Waals surface area contributed by atoms with Gasteiger partial charge in [-0.25, -0.2) is 0 Å². The summed E-state index contributed by atoms with van der Waals surface area (Å²) >= 11 is 0. The molecule has 0 fully saturated rings. The molecule has 0 heterocycles. The van der Waals surface area contributed by atoms with Gasteiger partial charge in [-0.15, -0.1) is 19.8 Å². The average molecular weight is 444 g/mol. The van der Waals surface area contributed by atoms with Crippen LogP contribution in [0, 0.1) is 17.8 Å². The molecule has 0 N–H and O–H groups in total. The summed E-state index contributed by atoms with van der Waals surface area (Å²) < 4.78 is 0. The summed E-state index contributed by atoms with van der Waals surface area (Å²) in [6.45, 7) is 13.1. The molecule has 0 saturated carbocycles. The van der Waals surface area contributed by atoms with E-state index in [0.717, 1.165) is 38.5 Å². The Kier molecular flexibility index (Phi) is 41.0. The summed E-state index contributed by atoms with van der Waals surface area (Å²) in [7, 11) is 0. The van der Waals surface area contributed by atoms with Gasteiger partial charge in [-0.3, -0.25) is 0 Å². The van der Waals surface area contributed by atoms with Crippen molar-refractivity contribution >= 4 is 0 Å².